The summed E-state index contributed by atoms with van der Waals surface area (Å²) < 4.78 is 12.9. The van der Waals surface area contributed by atoms with Gasteiger partial charge in [-0.05, 0) is 61.1 Å². The number of Topliss-reactive ketones (excluding diaryl/α,β-unsaturated/α-hetero) is 1. The molecule has 5 rings (SSSR count). The minimum Gasteiger partial charge on any atom is -0.497 e. The topological polar surface area (TPSA) is 69.5 Å². The van der Waals surface area contributed by atoms with Crippen LogP contribution in [0.5, 0.6) is 11.5 Å². The Hall–Kier alpha value is -3.19. The smallest absolute Gasteiger partial charge is 0.185 e. The van der Waals surface area contributed by atoms with E-state index in [9.17, 15) is 4.79 Å². The van der Waals surface area contributed by atoms with Crippen LogP contribution in [0, 0.1) is 5.92 Å². The number of aromatic nitrogens is 3. The van der Waals surface area contributed by atoms with E-state index in [2.05, 4.69) is 34.3 Å². The van der Waals surface area contributed by atoms with Crippen LogP contribution >= 0.6 is 0 Å². The fourth-order valence-electron chi connectivity index (χ4n) is 4.29. The van der Waals surface area contributed by atoms with Gasteiger partial charge >= 0.3 is 0 Å². The molecule has 1 aliphatic heterocycles. The Kier molecular flexibility index (Phi) is 6.13. The Labute approximate surface area is 194 Å². The van der Waals surface area contributed by atoms with Crippen LogP contribution in [0.15, 0.2) is 54.7 Å². The van der Waals surface area contributed by atoms with Crippen LogP contribution in [0.25, 0.3) is 0 Å². The molecule has 0 spiro atoms. The summed E-state index contributed by atoms with van der Waals surface area (Å²) in [6.07, 6.45) is 4.65. The highest BCUT2D eigenvalue weighted by Crippen LogP contribution is 2.34. The normalized spacial score (nSPS) is 17.4. The Morgan fingerprint density at radius 3 is 2.42 bits per heavy atom. The molecule has 3 aromatic rings. The van der Waals surface area contributed by atoms with Crippen LogP contribution in [0.2, 0.25) is 0 Å². The second-order valence-electron chi connectivity index (χ2n) is 9.14. The van der Waals surface area contributed by atoms with Crippen LogP contribution in [0.3, 0.4) is 0 Å². The molecule has 172 valence electrons. The molecular formula is C26H30N4O3. The molecule has 0 amide bonds. The van der Waals surface area contributed by atoms with Gasteiger partial charge in [-0.2, -0.15) is 0 Å². The van der Waals surface area contributed by atoms with Gasteiger partial charge in [-0.1, -0.05) is 29.5 Å². The number of hydrogen-bond donors (Lipinski definition) is 0. The maximum Gasteiger partial charge on any atom is 0.185 e. The van der Waals surface area contributed by atoms with Gasteiger partial charge in [0, 0.05) is 25.6 Å². The highest BCUT2D eigenvalue weighted by molar-refractivity contribution is 5.94. The molecular weight excluding hydrogens is 416 g/mol. The van der Waals surface area contributed by atoms with Gasteiger partial charge in [0.15, 0.2) is 5.78 Å². The first kappa shape index (κ1) is 21.6. The molecule has 0 N–H and O–H groups in total. The van der Waals surface area contributed by atoms with Crippen molar-refractivity contribution in [3.8, 4) is 11.5 Å². The van der Waals surface area contributed by atoms with Crippen molar-refractivity contribution < 1.29 is 14.3 Å². The molecule has 0 bridgehead atoms. The molecule has 1 unspecified atom stereocenters. The second kappa shape index (κ2) is 9.35. The fourth-order valence-corrected chi connectivity index (χ4v) is 4.29. The van der Waals surface area contributed by atoms with Crippen molar-refractivity contribution >= 4 is 5.78 Å². The van der Waals surface area contributed by atoms with E-state index in [1.807, 2.05) is 47.3 Å². The summed E-state index contributed by atoms with van der Waals surface area (Å²) in [5, 5.41) is 8.17. The second-order valence-corrected chi connectivity index (χ2v) is 9.14. The fraction of sp³-hybridized carbons (Fsp3) is 0.423. The number of nitrogens with zero attached hydrogens (tertiary/aromatic N) is 4. The number of likely N-dealkylation sites (tertiary alicyclic amines) is 1. The zero-order valence-electron chi connectivity index (χ0n) is 19.2. The number of benzene rings is 2. The summed E-state index contributed by atoms with van der Waals surface area (Å²) in [5.41, 5.74) is 2.87. The number of rotatable bonds is 10. The number of carbonyl (C=O) groups is 1. The van der Waals surface area contributed by atoms with Gasteiger partial charge in [0.25, 0.3) is 0 Å². The van der Waals surface area contributed by atoms with Gasteiger partial charge in [-0.25, -0.2) is 4.68 Å². The first-order valence-corrected chi connectivity index (χ1v) is 11.6. The van der Waals surface area contributed by atoms with E-state index < -0.39 is 0 Å². The zero-order chi connectivity index (χ0) is 22.8. The van der Waals surface area contributed by atoms with Crippen molar-refractivity contribution in [1.29, 1.82) is 0 Å². The van der Waals surface area contributed by atoms with Gasteiger partial charge in [-0.15, -0.1) is 5.10 Å². The van der Waals surface area contributed by atoms with Crippen molar-refractivity contribution in [2.24, 2.45) is 5.92 Å². The van der Waals surface area contributed by atoms with Crippen molar-refractivity contribution in [3.63, 3.8) is 0 Å². The lowest BCUT2D eigenvalue weighted by molar-refractivity contribution is 0.0502. The average molecular weight is 447 g/mol. The molecule has 2 aliphatic rings. The lowest BCUT2D eigenvalue weighted by Gasteiger charge is -2.43. The van der Waals surface area contributed by atoms with E-state index in [1.165, 1.54) is 5.56 Å². The van der Waals surface area contributed by atoms with Gasteiger partial charge < -0.3 is 9.47 Å². The standard InChI is InChI=1S/C26H30N4O3/c1-18(21-5-11-24(12-6-21)33-17-19-3-9-23(32-2)10-4-19)29-14-20(15-29)13-26(31)25-16-30(28-27-25)22-7-8-22/h3-6,9-12,16,18,20,22H,7-8,13-15,17H2,1-2H3. The molecule has 2 fully saturated rings. The summed E-state index contributed by atoms with van der Waals surface area (Å²) in [5.74, 6) is 2.19. The lowest BCUT2D eigenvalue weighted by atomic mass is 9.90. The number of methoxy groups -OCH3 is 1. The third-order valence-corrected chi connectivity index (χ3v) is 6.65. The molecule has 2 heterocycles. The maximum absolute atomic E-state index is 12.5. The molecule has 7 heteroatoms. The van der Waals surface area contributed by atoms with Crippen LogP contribution in [0.1, 0.15) is 59.9 Å². The van der Waals surface area contributed by atoms with Crippen LogP contribution in [-0.4, -0.2) is 45.9 Å². The molecule has 0 radical (unpaired) electrons. The number of ether oxygens (including phenoxy) is 2. The monoisotopic (exact) mass is 446 g/mol. The summed E-state index contributed by atoms with van der Waals surface area (Å²) in [6.45, 7) is 4.60. The zero-order valence-corrected chi connectivity index (χ0v) is 19.2. The third kappa shape index (κ3) is 5.09. The first-order valence-electron chi connectivity index (χ1n) is 11.6. The molecule has 1 saturated carbocycles. The van der Waals surface area contributed by atoms with Crippen LogP contribution in [0.4, 0.5) is 0 Å². The predicted molar refractivity (Wildman–Crippen MR) is 124 cm³/mol. The molecule has 1 aromatic heterocycles. The van der Waals surface area contributed by atoms with E-state index in [0.29, 0.717) is 36.7 Å². The summed E-state index contributed by atoms with van der Waals surface area (Å²) in [4.78, 5) is 14.9. The van der Waals surface area contributed by atoms with E-state index in [1.54, 1.807) is 7.11 Å². The molecule has 33 heavy (non-hydrogen) atoms. The van der Waals surface area contributed by atoms with E-state index in [0.717, 1.165) is 43.0 Å². The van der Waals surface area contributed by atoms with Crippen LogP contribution in [-0.2, 0) is 6.61 Å². The SMILES string of the molecule is COc1ccc(COc2ccc(C(C)N3CC(CC(=O)c4cn(C5CC5)nn4)C3)cc2)cc1. The predicted octanol–water partition coefficient (Wildman–Crippen LogP) is 4.47. The molecule has 1 saturated heterocycles. The Balaban J connectivity index is 1.07. The minimum absolute atomic E-state index is 0.109. The van der Waals surface area contributed by atoms with Crippen molar-refractivity contribution in [3.05, 3.63) is 71.5 Å². The Bertz CT molecular complexity index is 1080. The molecule has 1 aliphatic carbocycles. The number of ketones is 1. The molecule has 7 nitrogen and oxygen atoms in total. The average Bonchev–Trinajstić information content (AvgIpc) is 3.56. The van der Waals surface area contributed by atoms with Crippen molar-refractivity contribution in [1.82, 2.24) is 19.9 Å². The van der Waals surface area contributed by atoms with Gasteiger partial charge in [0.2, 0.25) is 0 Å². The Morgan fingerprint density at radius 1 is 1.06 bits per heavy atom. The van der Waals surface area contributed by atoms with E-state index in [4.69, 9.17) is 9.47 Å². The van der Waals surface area contributed by atoms with Gasteiger partial charge in [0.05, 0.1) is 19.3 Å². The summed E-state index contributed by atoms with van der Waals surface area (Å²) in [7, 11) is 1.66. The van der Waals surface area contributed by atoms with Crippen molar-refractivity contribution in [2.75, 3.05) is 20.2 Å². The van der Waals surface area contributed by atoms with Crippen LogP contribution < -0.4 is 9.47 Å². The highest BCUT2D eigenvalue weighted by atomic mass is 16.5. The first-order chi connectivity index (χ1) is 16.1. The largest absolute Gasteiger partial charge is 0.497 e. The Morgan fingerprint density at radius 2 is 1.76 bits per heavy atom. The quantitative estimate of drug-likeness (QED) is 0.428. The number of hydrogen-bond acceptors (Lipinski definition) is 6. The van der Waals surface area contributed by atoms with E-state index >= 15 is 0 Å². The summed E-state index contributed by atoms with van der Waals surface area (Å²) >= 11 is 0. The van der Waals surface area contributed by atoms with Gasteiger partial charge in [-0.3, -0.25) is 9.69 Å². The van der Waals surface area contributed by atoms with Crippen molar-refractivity contribution in [2.45, 2.75) is 44.9 Å². The third-order valence-electron chi connectivity index (χ3n) is 6.65. The molecule has 2 aromatic carbocycles. The van der Waals surface area contributed by atoms with Gasteiger partial charge in [0.1, 0.15) is 23.8 Å². The number of carbonyl (C=O) groups excluding carboxylic acids is 1. The highest BCUT2D eigenvalue weighted by Gasteiger charge is 2.33. The summed E-state index contributed by atoms with van der Waals surface area (Å²) in [6, 6.07) is 17.0. The van der Waals surface area contributed by atoms with E-state index in [-0.39, 0.29) is 5.78 Å². The molecule has 1 atom stereocenters. The maximum atomic E-state index is 12.5. The lowest BCUT2D eigenvalue weighted by Crippen LogP contribution is -2.48. The minimum atomic E-state index is 0.109.